The lowest BCUT2D eigenvalue weighted by molar-refractivity contribution is -0.115. The maximum absolute atomic E-state index is 11.6. The molecule has 1 atom stereocenters. The van der Waals surface area contributed by atoms with E-state index in [1.807, 2.05) is 47.8 Å². The molecule has 23 heavy (non-hydrogen) atoms. The van der Waals surface area contributed by atoms with Crippen LogP contribution in [-0.4, -0.2) is 16.3 Å². The molecule has 0 saturated heterocycles. The molecule has 1 amide bonds. The molecule has 0 bridgehead atoms. The molecular weight excluding hydrogens is 328 g/mol. The summed E-state index contributed by atoms with van der Waals surface area (Å²) in [5.74, 6) is -0.209. The molecule has 0 saturated carbocycles. The maximum Gasteiger partial charge on any atom is 0.242 e. The van der Waals surface area contributed by atoms with E-state index in [-0.39, 0.29) is 5.91 Å². The van der Waals surface area contributed by atoms with Crippen molar-refractivity contribution in [3.05, 3.63) is 60.0 Å². The van der Waals surface area contributed by atoms with Crippen LogP contribution < -0.4 is 5.32 Å². The Bertz CT molecular complexity index is 797. The zero-order chi connectivity index (χ0) is 16.2. The van der Waals surface area contributed by atoms with Gasteiger partial charge in [-0.25, -0.2) is 4.98 Å². The van der Waals surface area contributed by atoms with Gasteiger partial charge in [0, 0.05) is 22.2 Å². The van der Waals surface area contributed by atoms with E-state index >= 15 is 0 Å². The number of thiazole rings is 1. The largest absolute Gasteiger partial charge is 0.325 e. The van der Waals surface area contributed by atoms with Crippen LogP contribution in [0.2, 0.25) is 0 Å². The van der Waals surface area contributed by atoms with Gasteiger partial charge in [0.25, 0.3) is 0 Å². The number of nitrogens with one attached hydrogen (secondary N) is 1. The van der Waals surface area contributed by atoms with Crippen LogP contribution in [-0.2, 0) is 4.79 Å². The molecule has 1 heterocycles. The second-order valence-corrected chi connectivity index (χ2v) is 6.60. The lowest BCUT2D eigenvalue weighted by Crippen LogP contribution is -2.20. The van der Waals surface area contributed by atoms with E-state index < -0.39 is 5.38 Å². The number of carbonyl (C=O) groups is 1. The van der Waals surface area contributed by atoms with Crippen LogP contribution in [0, 0.1) is 0 Å². The molecule has 0 aliphatic rings. The average Bonchev–Trinajstić information content (AvgIpc) is 3.06. The lowest BCUT2D eigenvalue weighted by atomic mass is 10.1. The van der Waals surface area contributed by atoms with Crippen molar-refractivity contribution in [2.75, 3.05) is 5.32 Å². The van der Waals surface area contributed by atoms with Crippen LogP contribution in [0.4, 0.5) is 5.69 Å². The minimum absolute atomic E-state index is 0.209. The summed E-state index contributed by atoms with van der Waals surface area (Å²) in [5, 5.41) is 5.24. The summed E-state index contributed by atoms with van der Waals surface area (Å²) in [4.78, 5) is 16.3. The van der Waals surface area contributed by atoms with Gasteiger partial charge in [-0.1, -0.05) is 42.5 Å². The first-order valence-electron chi connectivity index (χ1n) is 7.20. The summed E-state index contributed by atoms with van der Waals surface area (Å²) < 4.78 is 0. The summed E-state index contributed by atoms with van der Waals surface area (Å²) in [7, 11) is 0. The number of carbonyl (C=O) groups excluding carboxylic acids is 1. The van der Waals surface area contributed by atoms with Gasteiger partial charge in [0.15, 0.2) is 0 Å². The number of alkyl halides is 1. The highest BCUT2D eigenvalue weighted by Crippen LogP contribution is 2.29. The molecule has 0 aliphatic carbocycles. The quantitative estimate of drug-likeness (QED) is 0.675. The zero-order valence-corrected chi connectivity index (χ0v) is 14.1. The van der Waals surface area contributed by atoms with Gasteiger partial charge in [-0.3, -0.25) is 4.79 Å². The fourth-order valence-corrected chi connectivity index (χ4v) is 2.98. The van der Waals surface area contributed by atoms with Gasteiger partial charge in [-0.05, 0) is 19.1 Å². The number of nitrogens with zero attached hydrogens (tertiary/aromatic N) is 1. The van der Waals surface area contributed by atoms with E-state index in [0.29, 0.717) is 0 Å². The van der Waals surface area contributed by atoms with E-state index in [1.54, 1.807) is 18.3 Å². The number of amides is 1. The van der Waals surface area contributed by atoms with Gasteiger partial charge in [0.2, 0.25) is 5.91 Å². The predicted molar refractivity (Wildman–Crippen MR) is 96.9 cm³/mol. The van der Waals surface area contributed by atoms with Gasteiger partial charge >= 0.3 is 0 Å². The minimum atomic E-state index is -0.554. The molecule has 3 nitrogen and oxygen atoms in total. The Morgan fingerprint density at radius 1 is 1.09 bits per heavy atom. The zero-order valence-electron chi connectivity index (χ0n) is 12.5. The van der Waals surface area contributed by atoms with Crippen molar-refractivity contribution < 1.29 is 4.79 Å². The molecule has 0 spiro atoms. The van der Waals surface area contributed by atoms with E-state index in [1.165, 1.54) is 0 Å². The molecule has 2 aromatic carbocycles. The summed E-state index contributed by atoms with van der Waals surface area (Å²) in [6.07, 6.45) is 0. The van der Waals surface area contributed by atoms with Crippen molar-refractivity contribution in [1.82, 2.24) is 4.98 Å². The Balaban J connectivity index is 1.78. The number of rotatable bonds is 4. The van der Waals surface area contributed by atoms with Gasteiger partial charge in [0.1, 0.15) is 10.4 Å². The summed E-state index contributed by atoms with van der Waals surface area (Å²) in [5.41, 5.74) is 3.78. The summed E-state index contributed by atoms with van der Waals surface area (Å²) in [6, 6.07) is 17.7. The topological polar surface area (TPSA) is 42.0 Å². The fraction of sp³-hybridized carbons (Fsp3) is 0.111. The van der Waals surface area contributed by atoms with Gasteiger partial charge in [0.05, 0.1) is 5.69 Å². The molecular formula is C18H15ClN2OS. The average molecular weight is 343 g/mol. The second-order valence-electron chi connectivity index (χ2n) is 5.09. The number of halogens is 1. The number of aromatic nitrogens is 1. The first-order valence-corrected chi connectivity index (χ1v) is 8.51. The fourth-order valence-electron chi connectivity index (χ4n) is 2.09. The Labute approximate surface area is 144 Å². The van der Waals surface area contributed by atoms with E-state index in [4.69, 9.17) is 11.6 Å². The SMILES string of the molecule is CC(Cl)C(=O)Nc1ccc(-c2csc(-c3ccccc3)n2)cc1. The predicted octanol–water partition coefficient (Wildman–Crippen LogP) is 5.04. The smallest absolute Gasteiger partial charge is 0.242 e. The molecule has 3 aromatic rings. The molecule has 1 N–H and O–H groups in total. The number of hydrogen-bond donors (Lipinski definition) is 1. The summed E-state index contributed by atoms with van der Waals surface area (Å²) >= 11 is 7.36. The van der Waals surface area contributed by atoms with Crippen LogP contribution in [0.25, 0.3) is 21.8 Å². The van der Waals surface area contributed by atoms with Gasteiger partial charge in [-0.2, -0.15) is 0 Å². The molecule has 1 unspecified atom stereocenters. The molecule has 0 aliphatic heterocycles. The van der Waals surface area contributed by atoms with Crippen molar-refractivity contribution in [1.29, 1.82) is 0 Å². The Kier molecular flexibility index (Phi) is 4.74. The van der Waals surface area contributed by atoms with Crippen molar-refractivity contribution in [2.45, 2.75) is 12.3 Å². The first kappa shape index (κ1) is 15.7. The van der Waals surface area contributed by atoms with E-state index in [9.17, 15) is 4.79 Å². The van der Waals surface area contributed by atoms with E-state index in [2.05, 4.69) is 22.4 Å². The second kappa shape index (κ2) is 6.94. The number of hydrogen-bond acceptors (Lipinski definition) is 3. The molecule has 3 rings (SSSR count). The highest BCUT2D eigenvalue weighted by molar-refractivity contribution is 7.13. The van der Waals surface area contributed by atoms with Crippen LogP contribution in [0.3, 0.4) is 0 Å². The van der Waals surface area contributed by atoms with E-state index in [0.717, 1.165) is 27.5 Å². The standard InChI is InChI=1S/C18H15ClN2OS/c1-12(19)17(22)20-15-9-7-13(8-10-15)16-11-23-18(21-16)14-5-3-2-4-6-14/h2-12H,1H3,(H,20,22). The lowest BCUT2D eigenvalue weighted by Gasteiger charge is -2.06. The van der Waals surface area contributed by atoms with Crippen LogP contribution >= 0.6 is 22.9 Å². The summed E-state index contributed by atoms with van der Waals surface area (Å²) in [6.45, 7) is 1.64. The van der Waals surface area contributed by atoms with Crippen LogP contribution in [0.1, 0.15) is 6.92 Å². The Morgan fingerprint density at radius 2 is 1.78 bits per heavy atom. The van der Waals surface area contributed by atoms with Crippen LogP contribution in [0.15, 0.2) is 60.0 Å². The maximum atomic E-state index is 11.6. The van der Waals surface area contributed by atoms with Crippen molar-refractivity contribution in [3.8, 4) is 21.8 Å². The molecule has 5 heteroatoms. The van der Waals surface area contributed by atoms with Crippen molar-refractivity contribution in [2.24, 2.45) is 0 Å². The third kappa shape index (κ3) is 3.78. The molecule has 0 fully saturated rings. The molecule has 0 radical (unpaired) electrons. The third-order valence-electron chi connectivity index (χ3n) is 3.33. The number of benzene rings is 2. The van der Waals surface area contributed by atoms with Gasteiger partial charge in [-0.15, -0.1) is 22.9 Å². The molecule has 1 aromatic heterocycles. The molecule has 116 valence electrons. The highest BCUT2D eigenvalue weighted by atomic mass is 35.5. The highest BCUT2D eigenvalue weighted by Gasteiger charge is 2.10. The van der Waals surface area contributed by atoms with Crippen molar-refractivity contribution >= 4 is 34.5 Å². The monoisotopic (exact) mass is 342 g/mol. The Morgan fingerprint density at radius 3 is 2.43 bits per heavy atom. The Hall–Kier alpha value is -2.17. The third-order valence-corrected chi connectivity index (χ3v) is 4.42. The normalized spacial score (nSPS) is 11.9. The van der Waals surface area contributed by atoms with Gasteiger partial charge < -0.3 is 5.32 Å². The first-order chi connectivity index (χ1) is 11.1. The minimum Gasteiger partial charge on any atom is -0.325 e. The van der Waals surface area contributed by atoms with Crippen LogP contribution in [0.5, 0.6) is 0 Å². The van der Waals surface area contributed by atoms with Crippen molar-refractivity contribution in [3.63, 3.8) is 0 Å². The number of anilines is 1.